The lowest BCUT2D eigenvalue weighted by Gasteiger charge is -2.34. The second kappa shape index (κ2) is 8.73. The summed E-state index contributed by atoms with van der Waals surface area (Å²) in [5, 5.41) is 11.2. The summed E-state index contributed by atoms with van der Waals surface area (Å²) in [6.45, 7) is 3.15. The van der Waals surface area contributed by atoms with Crippen LogP contribution in [-0.2, 0) is 0 Å². The van der Waals surface area contributed by atoms with E-state index in [1.165, 1.54) is 17.0 Å². The molecule has 2 heterocycles. The van der Waals surface area contributed by atoms with Gasteiger partial charge in [-0.05, 0) is 26.1 Å². The molecule has 1 aromatic carbocycles. The van der Waals surface area contributed by atoms with Gasteiger partial charge in [-0.25, -0.2) is 13.8 Å². The second-order valence-electron chi connectivity index (χ2n) is 6.88. The predicted octanol–water partition coefficient (Wildman–Crippen LogP) is 3.09. The summed E-state index contributed by atoms with van der Waals surface area (Å²) in [6.07, 6.45) is 0. The average molecular weight is 434 g/mol. The van der Waals surface area contributed by atoms with Crippen molar-refractivity contribution in [2.24, 2.45) is 0 Å². The lowest BCUT2D eigenvalue weighted by Crippen LogP contribution is -2.45. The van der Waals surface area contributed by atoms with Crippen LogP contribution in [0.5, 0.6) is 0 Å². The summed E-state index contributed by atoms with van der Waals surface area (Å²) in [7, 11) is 1.91. The Hall–Kier alpha value is -3.09. The lowest BCUT2D eigenvalue weighted by atomic mass is 10.0. The Balaban J connectivity index is 2.01. The highest BCUT2D eigenvalue weighted by Crippen LogP contribution is 2.33. The first-order valence-electron chi connectivity index (χ1n) is 9.07. The number of likely N-dealkylation sites (N-methyl/N-ethyl adjacent to an activating group) is 1. The van der Waals surface area contributed by atoms with Gasteiger partial charge < -0.3 is 15.1 Å². The number of carbonyl (C=O) groups excluding carboxylic acids is 2. The van der Waals surface area contributed by atoms with E-state index in [0.29, 0.717) is 26.2 Å². The Morgan fingerprint density at radius 1 is 1.23 bits per heavy atom. The number of ketones is 1. The second-order valence-corrected chi connectivity index (χ2v) is 7.29. The van der Waals surface area contributed by atoms with E-state index in [9.17, 15) is 14.0 Å². The van der Waals surface area contributed by atoms with Crippen molar-refractivity contribution in [3.8, 4) is 6.07 Å². The highest BCUT2D eigenvalue weighted by atomic mass is 35.5. The van der Waals surface area contributed by atoms with Gasteiger partial charge in [-0.1, -0.05) is 11.6 Å². The summed E-state index contributed by atoms with van der Waals surface area (Å²) >= 11 is 5.96. The van der Waals surface area contributed by atoms with Crippen LogP contribution in [0.4, 0.5) is 20.2 Å². The van der Waals surface area contributed by atoms with Gasteiger partial charge in [0.15, 0.2) is 17.4 Å². The zero-order valence-corrected chi connectivity index (χ0v) is 17.1. The summed E-state index contributed by atoms with van der Waals surface area (Å²) in [4.78, 5) is 32.1. The molecule has 7 nitrogen and oxygen atoms in total. The summed E-state index contributed by atoms with van der Waals surface area (Å²) < 4.78 is 30.1. The number of pyridine rings is 1. The normalized spacial score (nSPS) is 14.3. The number of rotatable bonds is 4. The molecule has 156 valence electrons. The molecule has 2 aromatic rings. The van der Waals surface area contributed by atoms with Gasteiger partial charge >= 0.3 is 0 Å². The Morgan fingerprint density at radius 2 is 1.90 bits per heavy atom. The van der Waals surface area contributed by atoms with Gasteiger partial charge in [-0.2, -0.15) is 5.26 Å². The fourth-order valence-electron chi connectivity index (χ4n) is 3.22. The maximum Gasteiger partial charge on any atom is 0.275 e. The van der Waals surface area contributed by atoms with Gasteiger partial charge in [0.05, 0.1) is 16.3 Å². The summed E-state index contributed by atoms with van der Waals surface area (Å²) in [6, 6.07) is 5.32. The maximum atomic E-state index is 15.2. The number of Topliss-reactive ketones (excluding diaryl/α,β-unsaturated/α-hetero) is 1. The first-order chi connectivity index (χ1) is 14.2. The van der Waals surface area contributed by atoms with E-state index in [0.717, 1.165) is 13.0 Å². The number of nitriles is 1. The zero-order chi connectivity index (χ0) is 22.0. The first-order valence-corrected chi connectivity index (χ1v) is 9.45. The molecule has 0 atom stereocenters. The van der Waals surface area contributed by atoms with Crippen LogP contribution in [0.2, 0.25) is 5.02 Å². The minimum Gasteiger partial charge on any atom is -0.364 e. The molecule has 1 fully saturated rings. The molecule has 1 aliphatic heterocycles. The highest BCUT2D eigenvalue weighted by molar-refractivity contribution is 6.34. The van der Waals surface area contributed by atoms with E-state index in [1.807, 2.05) is 11.9 Å². The number of hydrogen-bond donors (Lipinski definition) is 1. The van der Waals surface area contributed by atoms with Crippen molar-refractivity contribution >= 4 is 34.7 Å². The third-order valence-electron chi connectivity index (χ3n) is 4.79. The molecule has 1 saturated heterocycles. The van der Waals surface area contributed by atoms with Crippen LogP contribution in [0.1, 0.15) is 33.5 Å². The third-order valence-corrected chi connectivity index (χ3v) is 5.09. The average Bonchev–Trinajstić information content (AvgIpc) is 2.69. The molecule has 10 heteroatoms. The molecule has 1 aliphatic rings. The van der Waals surface area contributed by atoms with Crippen LogP contribution in [0, 0.1) is 23.0 Å². The van der Waals surface area contributed by atoms with Crippen molar-refractivity contribution in [3.05, 3.63) is 51.8 Å². The van der Waals surface area contributed by atoms with Crippen molar-refractivity contribution in [3.63, 3.8) is 0 Å². The van der Waals surface area contributed by atoms with Crippen LogP contribution in [0.3, 0.4) is 0 Å². The van der Waals surface area contributed by atoms with Crippen molar-refractivity contribution in [1.29, 1.82) is 5.26 Å². The molecule has 30 heavy (non-hydrogen) atoms. The van der Waals surface area contributed by atoms with E-state index in [4.69, 9.17) is 16.9 Å². The topological polar surface area (TPSA) is 89.3 Å². The molecule has 0 radical (unpaired) electrons. The van der Waals surface area contributed by atoms with Gasteiger partial charge in [-0.3, -0.25) is 9.59 Å². The predicted molar refractivity (Wildman–Crippen MR) is 108 cm³/mol. The van der Waals surface area contributed by atoms with Gasteiger partial charge in [0.25, 0.3) is 5.91 Å². The Labute approximate surface area is 176 Å². The minimum atomic E-state index is -1.04. The third kappa shape index (κ3) is 4.25. The maximum absolute atomic E-state index is 15.2. The van der Waals surface area contributed by atoms with E-state index in [-0.39, 0.29) is 27.8 Å². The first kappa shape index (κ1) is 21.6. The number of halogens is 3. The number of nitrogens with one attached hydrogen (secondary N) is 1. The monoisotopic (exact) mass is 433 g/mol. The number of carbonyl (C=O) groups is 2. The van der Waals surface area contributed by atoms with E-state index >= 15 is 4.39 Å². The van der Waals surface area contributed by atoms with Crippen LogP contribution >= 0.6 is 11.6 Å². The van der Waals surface area contributed by atoms with E-state index < -0.39 is 28.9 Å². The molecule has 0 aliphatic carbocycles. The van der Waals surface area contributed by atoms with Crippen LogP contribution in [0.25, 0.3) is 0 Å². The molecular formula is C20H18ClF2N5O2. The quantitative estimate of drug-likeness (QED) is 0.745. The Morgan fingerprint density at radius 3 is 2.50 bits per heavy atom. The number of benzene rings is 1. The molecule has 0 bridgehead atoms. The fraction of sp³-hybridized carbons (Fsp3) is 0.300. The van der Waals surface area contributed by atoms with Crippen molar-refractivity contribution in [2.75, 3.05) is 43.4 Å². The molecule has 0 spiro atoms. The molecule has 0 saturated carbocycles. The van der Waals surface area contributed by atoms with Gasteiger partial charge in [0, 0.05) is 32.2 Å². The summed E-state index contributed by atoms with van der Waals surface area (Å²) in [5.74, 6) is -3.51. The van der Waals surface area contributed by atoms with Crippen molar-refractivity contribution < 1.29 is 18.4 Å². The number of aromatic nitrogens is 1. The van der Waals surface area contributed by atoms with E-state index in [1.54, 1.807) is 6.07 Å². The number of nitrogens with zero attached hydrogens (tertiary/aromatic N) is 4. The molecule has 1 amide bonds. The number of anilines is 2. The Kier molecular flexibility index (Phi) is 6.29. The standard InChI is InChI=1S/C20H18ClF2N5O2/c1-11(29)16-15(26-20(30)18-13(21)4-3-12(10-24)25-18)9-14(22)19(17(16)23)28-7-5-27(2)6-8-28/h3-4,9H,5-8H2,1-2H3,(H,26,30). The van der Waals surface area contributed by atoms with Gasteiger partial charge in [-0.15, -0.1) is 0 Å². The van der Waals surface area contributed by atoms with Crippen molar-refractivity contribution in [1.82, 2.24) is 9.88 Å². The number of piperazine rings is 1. The van der Waals surface area contributed by atoms with E-state index in [2.05, 4.69) is 10.3 Å². The Bertz CT molecular complexity index is 1060. The molecule has 0 unspecified atom stereocenters. The van der Waals surface area contributed by atoms with Gasteiger partial charge in [0.1, 0.15) is 23.1 Å². The smallest absolute Gasteiger partial charge is 0.275 e. The highest BCUT2D eigenvalue weighted by Gasteiger charge is 2.28. The molecule has 1 aromatic heterocycles. The lowest BCUT2D eigenvalue weighted by molar-refractivity contribution is 0.101. The zero-order valence-electron chi connectivity index (χ0n) is 16.3. The summed E-state index contributed by atoms with van der Waals surface area (Å²) in [5.41, 5.74) is -1.42. The van der Waals surface area contributed by atoms with Crippen LogP contribution in [0.15, 0.2) is 18.2 Å². The van der Waals surface area contributed by atoms with Crippen molar-refractivity contribution in [2.45, 2.75) is 6.92 Å². The minimum absolute atomic E-state index is 0.0501. The number of amides is 1. The van der Waals surface area contributed by atoms with Crippen LogP contribution < -0.4 is 10.2 Å². The number of hydrogen-bond acceptors (Lipinski definition) is 6. The van der Waals surface area contributed by atoms with Gasteiger partial charge in [0.2, 0.25) is 0 Å². The van der Waals surface area contributed by atoms with Crippen LogP contribution in [-0.4, -0.2) is 54.8 Å². The molecule has 3 rings (SSSR count). The molecular weight excluding hydrogens is 416 g/mol. The fourth-order valence-corrected chi connectivity index (χ4v) is 3.41. The molecule has 1 N–H and O–H groups in total. The largest absolute Gasteiger partial charge is 0.364 e. The SMILES string of the molecule is CC(=O)c1c(NC(=O)c2nc(C#N)ccc2Cl)cc(F)c(N2CCN(C)CC2)c1F.